The van der Waals surface area contributed by atoms with Crippen LogP contribution in [-0.4, -0.2) is 24.7 Å². The lowest BCUT2D eigenvalue weighted by atomic mass is 10.3. The summed E-state index contributed by atoms with van der Waals surface area (Å²) >= 11 is 0. The zero-order valence-electron chi connectivity index (χ0n) is 11.2. The number of nitrogens with zero attached hydrogens (tertiary/aromatic N) is 1. The Hall–Kier alpha value is -1.55. The van der Waals surface area contributed by atoms with Crippen molar-refractivity contribution in [3.05, 3.63) is 24.1 Å². The average molecular weight is 248 g/mol. The van der Waals surface area contributed by atoms with Crippen molar-refractivity contribution in [2.75, 3.05) is 13.7 Å². The second-order valence-electron chi connectivity index (χ2n) is 4.65. The number of hydrogen-bond acceptors (Lipinski definition) is 4. The standard InChI is InChI=1S/C14H20N2O2/c1-10(2)15-8-4-5-14-16-12-7-6-11(17-3)9-13(12)18-14/h6-7,9-10,15H,4-5,8H2,1-3H3. The molecule has 1 heterocycles. The van der Waals surface area contributed by atoms with E-state index in [0.29, 0.717) is 6.04 Å². The fourth-order valence-corrected chi connectivity index (χ4v) is 1.82. The minimum Gasteiger partial charge on any atom is -0.497 e. The molecule has 0 atom stereocenters. The molecule has 2 aromatic rings. The van der Waals surface area contributed by atoms with Crippen LogP contribution in [0.25, 0.3) is 11.1 Å². The highest BCUT2D eigenvalue weighted by atomic mass is 16.5. The summed E-state index contributed by atoms with van der Waals surface area (Å²) < 4.78 is 10.9. The summed E-state index contributed by atoms with van der Waals surface area (Å²) in [5, 5.41) is 3.38. The van der Waals surface area contributed by atoms with Gasteiger partial charge in [-0.2, -0.15) is 0 Å². The molecule has 4 nitrogen and oxygen atoms in total. The summed E-state index contributed by atoms with van der Waals surface area (Å²) in [7, 11) is 1.65. The first kappa shape index (κ1) is 12.9. The molecule has 1 N–H and O–H groups in total. The summed E-state index contributed by atoms with van der Waals surface area (Å²) in [4.78, 5) is 4.45. The number of aryl methyl sites for hydroxylation is 1. The quantitative estimate of drug-likeness (QED) is 0.798. The molecule has 1 aromatic heterocycles. The molecule has 0 aliphatic rings. The van der Waals surface area contributed by atoms with Gasteiger partial charge in [0.25, 0.3) is 0 Å². The van der Waals surface area contributed by atoms with Crippen molar-refractivity contribution in [2.24, 2.45) is 0 Å². The number of hydrogen-bond donors (Lipinski definition) is 1. The first-order valence-corrected chi connectivity index (χ1v) is 6.36. The van der Waals surface area contributed by atoms with Gasteiger partial charge in [-0.1, -0.05) is 13.8 Å². The third kappa shape index (κ3) is 3.23. The fraction of sp³-hybridized carbons (Fsp3) is 0.500. The molecule has 4 heteroatoms. The lowest BCUT2D eigenvalue weighted by Crippen LogP contribution is -2.23. The molecule has 0 aliphatic heterocycles. The van der Waals surface area contributed by atoms with Crippen molar-refractivity contribution < 1.29 is 9.15 Å². The average Bonchev–Trinajstić information content (AvgIpc) is 2.75. The minimum absolute atomic E-state index is 0.526. The minimum atomic E-state index is 0.526. The van der Waals surface area contributed by atoms with Crippen LogP contribution in [0.5, 0.6) is 5.75 Å². The maximum atomic E-state index is 5.70. The molecule has 1 aromatic carbocycles. The SMILES string of the molecule is COc1ccc2nc(CCCNC(C)C)oc2c1. The molecular weight excluding hydrogens is 228 g/mol. The Kier molecular flexibility index (Phi) is 4.20. The molecule has 98 valence electrons. The Morgan fingerprint density at radius 2 is 2.22 bits per heavy atom. The van der Waals surface area contributed by atoms with Crippen molar-refractivity contribution in [3.63, 3.8) is 0 Å². The van der Waals surface area contributed by atoms with Crippen LogP contribution in [0.1, 0.15) is 26.2 Å². The Morgan fingerprint density at radius 1 is 1.39 bits per heavy atom. The molecule has 0 radical (unpaired) electrons. The van der Waals surface area contributed by atoms with Crippen molar-refractivity contribution in [1.29, 1.82) is 0 Å². The van der Waals surface area contributed by atoms with Crippen molar-refractivity contribution >= 4 is 11.1 Å². The van der Waals surface area contributed by atoms with Crippen LogP contribution in [0.2, 0.25) is 0 Å². The number of rotatable bonds is 6. The summed E-state index contributed by atoms with van der Waals surface area (Å²) in [6.07, 6.45) is 1.89. The highest BCUT2D eigenvalue weighted by Gasteiger charge is 2.06. The van der Waals surface area contributed by atoms with Gasteiger partial charge in [-0.05, 0) is 25.1 Å². The summed E-state index contributed by atoms with van der Waals surface area (Å²) in [6, 6.07) is 6.22. The van der Waals surface area contributed by atoms with Gasteiger partial charge in [0.1, 0.15) is 11.3 Å². The van der Waals surface area contributed by atoms with Crippen LogP contribution in [-0.2, 0) is 6.42 Å². The highest BCUT2D eigenvalue weighted by Crippen LogP contribution is 2.21. The maximum Gasteiger partial charge on any atom is 0.195 e. The first-order valence-electron chi connectivity index (χ1n) is 6.36. The van der Waals surface area contributed by atoms with Gasteiger partial charge in [0.2, 0.25) is 0 Å². The van der Waals surface area contributed by atoms with Crippen LogP contribution in [0, 0.1) is 0 Å². The Labute approximate surface area is 107 Å². The lowest BCUT2D eigenvalue weighted by Gasteiger charge is -2.05. The second-order valence-corrected chi connectivity index (χ2v) is 4.65. The van der Waals surface area contributed by atoms with Gasteiger partial charge in [0.05, 0.1) is 7.11 Å². The summed E-state index contributed by atoms with van der Waals surface area (Å²) in [6.45, 7) is 5.27. The molecule has 18 heavy (non-hydrogen) atoms. The van der Waals surface area contributed by atoms with Crippen LogP contribution in [0.3, 0.4) is 0 Å². The highest BCUT2D eigenvalue weighted by molar-refractivity contribution is 5.74. The molecule has 0 saturated heterocycles. The van der Waals surface area contributed by atoms with E-state index in [1.54, 1.807) is 7.11 Å². The summed E-state index contributed by atoms with van der Waals surface area (Å²) in [5.41, 5.74) is 1.68. The van der Waals surface area contributed by atoms with E-state index >= 15 is 0 Å². The van der Waals surface area contributed by atoms with Gasteiger partial charge in [-0.25, -0.2) is 4.98 Å². The molecule has 0 saturated carbocycles. The smallest absolute Gasteiger partial charge is 0.195 e. The normalized spacial score (nSPS) is 11.3. The number of nitrogens with one attached hydrogen (secondary N) is 1. The van der Waals surface area contributed by atoms with E-state index in [2.05, 4.69) is 24.1 Å². The van der Waals surface area contributed by atoms with E-state index in [1.807, 2.05) is 18.2 Å². The van der Waals surface area contributed by atoms with E-state index in [1.165, 1.54) is 0 Å². The Bertz CT molecular complexity index is 505. The number of aromatic nitrogens is 1. The van der Waals surface area contributed by atoms with Crippen LogP contribution >= 0.6 is 0 Å². The number of oxazole rings is 1. The Balaban J connectivity index is 1.97. The van der Waals surface area contributed by atoms with Crippen molar-refractivity contribution in [1.82, 2.24) is 10.3 Å². The second kappa shape index (κ2) is 5.87. The molecule has 0 unspecified atom stereocenters. The van der Waals surface area contributed by atoms with E-state index < -0.39 is 0 Å². The van der Waals surface area contributed by atoms with Crippen LogP contribution < -0.4 is 10.1 Å². The van der Waals surface area contributed by atoms with Gasteiger partial charge in [-0.15, -0.1) is 0 Å². The third-order valence-corrected chi connectivity index (χ3v) is 2.76. The Morgan fingerprint density at radius 3 is 2.94 bits per heavy atom. The molecule has 0 fully saturated rings. The predicted molar refractivity (Wildman–Crippen MR) is 72.0 cm³/mol. The molecular formula is C14H20N2O2. The summed E-state index contributed by atoms with van der Waals surface area (Å²) in [5.74, 6) is 1.59. The van der Waals surface area contributed by atoms with Gasteiger partial charge in [0.15, 0.2) is 11.5 Å². The molecule has 2 rings (SSSR count). The third-order valence-electron chi connectivity index (χ3n) is 2.76. The fourth-order valence-electron chi connectivity index (χ4n) is 1.82. The van der Waals surface area contributed by atoms with Crippen LogP contribution in [0.15, 0.2) is 22.6 Å². The molecule has 0 amide bonds. The first-order chi connectivity index (χ1) is 8.69. The topological polar surface area (TPSA) is 47.3 Å². The number of fused-ring (bicyclic) bond motifs is 1. The van der Waals surface area contributed by atoms with E-state index in [-0.39, 0.29) is 0 Å². The van der Waals surface area contributed by atoms with Gasteiger partial charge >= 0.3 is 0 Å². The monoisotopic (exact) mass is 248 g/mol. The predicted octanol–water partition coefficient (Wildman–Crippen LogP) is 2.77. The van der Waals surface area contributed by atoms with Gasteiger partial charge in [-0.3, -0.25) is 0 Å². The van der Waals surface area contributed by atoms with E-state index in [0.717, 1.165) is 42.1 Å². The lowest BCUT2D eigenvalue weighted by molar-refractivity contribution is 0.414. The largest absolute Gasteiger partial charge is 0.497 e. The molecule has 0 bridgehead atoms. The van der Waals surface area contributed by atoms with Crippen molar-refractivity contribution in [3.8, 4) is 5.75 Å². The van der Waals surface area contributed by atoms with Crippen LogP contribution in [0.4, 0.5) is 0 Å². The van der Waals surface area contributed by atoms with Crippen molar-refractivity contribution in [2.45, 2.75) is 32.7 Å². The maximum absolute atomic E-state index is 5.70. The van der Waals surface area contributed by atoms with Gasteiger partial charge in [0, 0.05) is 18.5 Å². The number of benzene rings is 1. The van der Waals surface area contributed by atoms with Gasteiger partial charge < -0.3 is 14.5 Å². The number of ether oxygens (including phenoxy) is 1. The zero-order valence-corrected chi connectivity index (χ0v) is 11.2. The van der Waals surface area contributed by atoms with E-state index in [4.69, 9.17) is 9.15 Å². The molecule has 0 spiro atoms. The van der Waals surface area contributed by atoms with E-state index in [9.17, 15) is 0 Å². The zero-order chi connectivity index (χ0) is 13.0. The number of methoxy groups -OCH3 is 1. The molecule has 0 aliphatic carbocycles.